The van der Waals surface area contributed by atoms with Crippen LogP contribution in [-0.2, 0) is 16.9 Å². The van der Waals surface area contributed by atoms with E-state index in [1.807, 2.05) is 0 Å². The minimum Gasteiger partial charge on any atom is -0.496 e. The lowest BCUT2D eigenvalue weighted by atomic mass is 9.95. The van der Waals surface area contributed by atoms with Gasteiger partial charge in [-0.3, -0.25) is 4.79 Å². The highest BCUT2D eigenvalue weighted by molar-refractivity contribution is 5.67. The normalized spacial score (nSPS) is 11.2. The Balaban J connectivity index is 3.23. The summed E-state index contributed by atoms with van der Waals surface area (Å²) in [4.78, 5) is 10.6. The zero-order chi connectivity index (χ0) is 14.6. The molecule has 0 atom stereocenters. The van der Waals surface area contributed by atoms with Gasteiger partial charge >= 0.3 is 5.97 Å². The molecule has 0 aliphatic heterocycles. The zero-order valence-corrected chi connectivity index (χ0v) is 11.6. The van der Waals surface area contributed by atoms with E-state index in [1.165, 1.54) is 28.1 Å². The molecular formula is C14H19FO4. The van der Waals surface area contributed by atoms with E-state index in [4.69, 9.17) is 14.6 Å². The van der Waals surface area contributed by atoms with Crippen molar-refractivity contribution in [3.05, 3.63) is 23.3 Å². The third kappa shape index (κ3) is 3.84. The van der Waals surface area contributed by atoms with E-state index < -0.39 is 11.6 Å². The number of ether oxygens (including phenoxy) is 2. The molecule has 0 aliphatic rings. The first-order chi connectivity index (χ1) is 8.79. The Hall–Kier alpha value is -1.78. The summed E-state index contributed by atoms with van der Waals surface area (Å²) in [5.41, 5.74) is -0.495. The summed E-state index contributed by atoms with van der Waals surface area (Å²) in [6, 6.07) is 3.20. The quantitative estimate of drug-likeness (QED) is 0.863. The van der Waals surface area contributed by atoms with Gasteiger partial charge in [-0.25, -0.2) is 4.39 Å². The van der Waals surface area contributed by atoms with Gasteiger partial charge in [-0.15, -0.1) is 0 Å². The van der Waals surface area contributed by atoms with Gasteiger partial charge in [-0.05, 0) is 38.0 Å². The van der Waals surface area contributed by atoms with Gasteiger partial charge in [0.25, 0.3) is 0 Å². The summed E-state index contributed by atoms with van der Waals surface area (Å²) in [5.74, 6) is -0.0209. The summed E-state index contributed by atoms with van der Waals surface area (Å²) in [5, 5.41) is 8.72. The van der Waals surface area contributed by atoms with Gasteiger partial charge in [0.05, 0.1) is 14.2 Å². The van der Waals surface area contributed by atoms with Crippen LogP contribution < -0.4 is 9.47 Å². The molecule has 0 saturated carbocycles. The maximum absolute atomic E-state index is 14.1. The molecule has 1 aromatic carbocycles. The molecule has 0 radical (unpaired) electrons. The van der Waals surface area contributed by atoms with Gasteiger partial charge in [0, 0.05) is 12.0 Å². The van der Waals surface area contributed by atoms with E-state index >= 15 is 0 Å². The fraction of sp³-hybridized carbons (Fsp3) is 0.500. The fourth-order valence-corrected chi connectivity index (χ4v) is 1.86. The number of alkyl halides is 1. The first-order valence-electron chi connectivity index (χ1n) is 5.95. The van der Waals surface area contributed by atoms with E-state index in [1.54, 1.807) is 12.1 Å². The number of aryl methyl sites for hydroxylation is 1. The summed E-state index contributed by atoms with van der Waals surface area (Å²) >= 11 is 0. The lowest BCUT2D eigenvalue weighted by Crippen LogP contribution is -2.12. The van der Waals surface area contributed by atoms with Crippen molar-refractivity contribution in [3.8, 4) is 11.5 Å². The van der Waals surface area contributed by atoms with Crippen molar-refractivity contribution < 1.29 is 23.8 Å². The molecule has 5 heteroatoms. The average Bonchev–Trinajstić information content (AvgIpc) is 2.33. The monoisotopic (exact) mass is 270 g/mol. The number of rotatable bonds is 6. The van der Waals surface area contributed by atoms with Gasteiger partial charge in [0.2, 0.25) is 0 Å². The molecule has 0 saturated heterocycles. The van der Waals surface area contributed by atoms with Crippen molar-refractivity contribution in [2.45, 2.75) is 32.4 Å². The molecule has 1 N–H and O–H groups in total. The van der Waals surface area contributed by atoms with Crippen molar-refractivity contribution in [3.63, 3.8) is 0 Å². The number of aliphatic carboxylic acids is 1. The lowest BCUT2D eigenvalue weighted by Gasteiger charge is -2.21. The Morgan fingerprint density at radius 1 is 1.26 bits per heavy atom. The molecule has 106 valence electrons. The van der Waals surface area contributed by atoms with Crippen LogP contribution in [-0.4, -0.2) is 25.3 Å². The molecule has 0 aliphatic carbocycles. The van der Waals surface area contributed by atoms with E-state index in [-0.39, 0.29) is 6.42 Å². The van der Waals surface area contributed by atoms with E-state index in [0.29, 0.717) is 29.0 Å². The molecular weight excluding hydrogens is 251 g/mol. The molecule has 0 fully saturated rings. The van der Waals surface area contributed by atoms with Gasteiger partial charge in [0.1, 0.15) is 17.2 Å². The van der Waals surface area contributed by atoms with Crippen LogP contribution in [0, 0.1) is 0 Å². The van der Waals surface area contributed by atoms with Crippen LogP contribution >= 0.6 is 0 Å². The predicted molar refractivity (Wildman–Crippen MR) is 69.6 cm³/mol. The molecule has 0 spiro atoms. The Kier molecular flexibility index (Phi) is 4.75. The van der Waals surface area contributed by atoms with Crippen LogP contribution in [0.1, 0.15) is 31.4 Å². The number of halogens is 1. The van der Waals surface area contributed by atoms with Crippen LogP contribution in [0.4, 0.5) is 4.39 Å². The Labute approximate surface area is 112 Å². The third-order valence-corrected chi connectivity index (χ3v) is 2.85. The number of benzene rings is 1. The van der Waals surface area contributed by atoms with Gasteiger partial charge < -0.3 is 14.6 Å². The number of carbonyl (C=O) groups is 1. The van der Waals surface area contributed by atoms with E-state index in [2.05, 4.69) is 0 Å². The summed E-state index contributed by atoms with van der Waals surface area (Å²) in [6.07, 6.45) is 0.291. The number of carboxylic acid groups (broad SMARTS) is 1. The van der Waals surface area contributed by atoms with Crippen LogP contribution in [0.3, 0.4) is 0 Å². The number of methoxy groups -OCH3 is 2. The number of hydrogen-bond donors (Lipinski definition) is 1. The van der Waals surface area contributed by atoms with Crippen molar-refractivity contribution in [2.24, 2.45) is 0 Å². The van der Waals surface area contributed by atoms with Gasteiger partial charge in [-0.1, -0.05) is 0 Å². The molecule has 1 rings (SSSR count). The first kappa shape index (κ1) is 15.3. The average molecular weight is 270 g/mol. The molecule has 0 unspecified atom stereocenters. The highest BCUT2D eigenvalue weighted by atomic mass is 19.1. The highest BCUT2D eigenvalue weighted by Gasteiger charge is 2.25. The van der Waals surface area contributed by atoms with Crippen molar-refractivity contribution in [1.82, 2.24) is 0 Å². The van der Waals surface area contributed by atoms with E-state index in [9.17, 15) is 9.18 Å². The lowest BCUT2D eigenvalue weighted by molar-refractivity contribution is -0.136. The molecule has 4 nitrogen and oxygen atoms in total. The topological polar surface area (TPSA) is 55.8 Å². The summed E-state index contributed by atoms with van der Waals surface area (Å²) in [7, 11) is 2.93. The summed E-state index contributed by atoms with van der Waals surface area (Å²) in [6.45, 7) is 2.86. The zero-order valence-electron chi connectivity index (χ0n) is 11.6. The number of hydrogen-bond acceptors (Lipinski definition) is 3. The smallest absolute Gasteiger partial charge is 0.303 e. The van der Waals surface area contributed by atoms with Crippen LogP contribution in [0.15, 0.2) is 12.1 Å². The van der Waals surface area contributed by atoms with Crippen molar-refractivity contribution in [1.29, 1.82) is 0 Å². The molecule has 0 heterocycles. The van der Waals surface area contributed by atoms with Crippen LogP contribution in [0.2, 0.25) is 0 Å². The van der Waals surface area contributed by atoms with E-state index in [0.717, 1.165) is 0 Å². The Morgan fingerprint density at radius 3 is 2.26 bits per heavy atom. The second-order valence-electron chi connectivity index (χ2n) is 4.73. The molecule has 0 aromatic heterocycles. The Morgan fingerprint density at radius 2 is 1.84 bits per heavy atom. The molecule has 0 amide bonds. The molecule has 0 bridgehead atoms. The Bertz CT molecular complexity index is 463. The van der Waals surface area contributed by atoms with Crippen LogP contribution in [0.25, 0.3) is 0 Å². The van der Waals surface area contributed by atoms with Gasteiger partial charge in [-0.2, -0.15) is 0 Å². The fourth-order valence-electron chi connectivity index (χ4n) is 1.86. The van der Waals surface area contributed by atoms with Crippen molar-refractivity contribution in [2.75, 3.05) is 14.2 Å². The first-order valence-corrected chi connectivity index (χ1v) is 5.95. The SMILES string of the molecule is COc1cc(C(C)(C)F)c(OC)cc1CCC(=O)O. The van der Waals surface area contributed by atoms with Crippen molar-refractivity contribution >= 4 is 5.97 Å². The minimum atomic E-state index is -1.57. The number of carboxylic acids is 1. The maximum Gasteiger partial charge on any atom is 0.303 e. The third-order valence-electron chi connectivity index (χ3n) is 2.85. The minimum absolute atomic E-state index is 0.0160. The second-order valence-corrected chi connectivity index (χ2v) is 4.73. The molecule has 1 aromatic rings. The second kappa shape index (κ2) is 5.91. The summed E-state index contributed by atoms with van der Waals surface area (Å²) < 4.78 is 24.5. The standard InChI is InChI=1S/C14H19FO4/c1-14(2,15)10-8-11(18-3)9(5-6-13(16)17)7-12(10)19-4/h7-8H,5-6H2,1-4H3,(H,16,17). The van der Waals surface area contributed by atoms with Gasteiger partial charge in [0.15, 0.2) is 0 Å². The predicted octanol–water partition coefficient (Wildman–Crippen LogP) is 2.93. The molecule has 19 heavy (non-hydrogen) atoms. The van der Waals surface area contributed by atoms with Crippen LogP contribution in [0.5, 0.6) is 11.5 Å². The maximum atomic E-state index is 14.1. The highest BCUT2D eigenvalue weighted by Crippen LogP contribution is 2.38. The largest absolute Gasteiger partial charge is 0.496 e.